The smallest absolute Gasteiger partial charge is 0.136 e. The molecule has 0 radical (unpaired) electrons. The van der Waals surface area contributed by atoms with Gasteiger partial charge in [0.25, 0.3) is 0 Å². The van der Waals surface area contributed by atoms with Gasteiger partial charge in [-0.25, -0.2) is 0 Å². The fourth-order valence-electron chi connectivity index (χ4n) is 1.99. The molecular formula is C12H13BrOS. The van der Waals surface area contributed by atoms with Crippen molar-refractivity contribution in [3.63, 3.8) is 0 Å². The van der Waals surface area contributed by atoms with Gasteiger partial charge in [0, 0.05) is 4.47 Å². The Morgan fingerprint density at radius 3 is 3.00 bits per heavy atom. The van der Waals surface area contributed by atoms with E-state index < -0.39 is 0 Å². The Kier molecular flexibility index (Phi) is 3.52. The predicted molar refractivity (Wildman–Crippen MR) is 68.3 cm³/mol. The summed E-state index contributed by atoms with van der Waals surface area (Å²) < 4.78 is 0.935. The first-order chi connectivity index (χ1) is 7.24. The van der Waals surface area contributed by atoms with Crippen LogP contribution in [-0.4, -0.2) is 16.8 Å². The molecule has 0 aromatic heterocycles. The molecule has 1 aliphatic heterocycles. The van der Waals surface area contributed by atoms with Gasteiger partial charge in [0.15, 0.2) is 0 Å². The van der Waals surface area contributed by atoms with Crippen LogP contribution >= 0.6 is 27.7 Å². The number of hydrogen-bond donors (Lipinski definition) is 0. The molecule has 1 nitrogen and oxygen atoms in total. The van der Waals surface area contributed by atoms with Gasteiger partial charge >= 0.3 is 0 Å². The number of rotatable bonds is 3. The molecule has 15 heavy (non-hydrogen) atoms. The third-order valence-corrected chi connectivity index (χ3v) is 4.75. The highest BCUT2D eigenvalue weighted by Gasteiger charge is 2.34. The van der Waals surface area contributed by atoms with Crippen LogP contribution in [0.25, 0.3) is 0 Å². The van der Waals surface area contributed by atoms with Gasteiger partial charge in [0.05, 0.1) is 4.75 Å². The second-order valence-electron chi connectivity index (χ2n) is 3.94. The summed E-state index contributed by atoms with van der Waals surface area (Å²) in [5.74, 6) is 1.12. The normalized spacial score (nSPS) is 25.4. The van der Waals surface area contributed by atoms with Crippen molar-refractivity contribution in [3.8, 4) is 0 Å². The van der Waals surface area contributed by atoms with Crippen LogP contribution in [0.4, 0.5) is 0 Å². The van der Waals surface area contributed by atoms with Gasteiger partial charge in [-0.1, -0.05) is 28.1 Å². The summed E-state index contributed by atoms with van der Waals surface area (Å²) in [6.45, 7) is 0. The lowest BCUT2D eigenvalue weighted by atomic mass is 9.96. The Morgan fingerprint density at radius 1 is 1.53 bits per heavy atom. The Labute approximate surface area is 103 Å². The average molecular weight is 285 g/mol. The van der Waals surface area contributed by atoms with Crippen molar-refractivity contribution in [1.29, 1.82) is 0 Å². The van der Waals surface area contributed by atoms with Crippen molar-refractivity contribution >= 4 is 34.0 Å². The van der Waals surface area contributed by atoms with E-state index in [9.17, 15) is 4.79 Å². The molecule has 1 atom stereocenters. The first kappa shape index (κ1) is 11.2. The highest BCUT2D eigenvalue weighted by Crippen LogP contribution is 2.39. The van der Waals surface area contributed by atoms with Crippen LogP contribution < -0.4 is 0 Å². The lowest BCUT2D eigenvalue weighted by Crippen LogP contribution is -2.26. The van der Waals surface area contributed by atoms with Crippen LogP contribution in [0.5, 0.6) is 0 Å². The molecule has 0 N–H and O–H groups in total. The molecule has 1 aromatic carbocycles. The second kappa shape index (κ2) is 4.71. The summed E-state index contributed by atoms with van der Waals surface area (Å²) in [6, 6.07) is 8.23. The highest BCUT2D eigenvalue weighted by atomic mass is 79.9. The average Bonchev–Trinajstić information content (AvgIpc) is 2.67. The minimum absolute atomic E-state index is 0.152. The minimum Gasteiger partial charge on any atom is -0.302 e. The van der Waals surface area contributed by atoms with E-state index in [0.29, 0.717) is 0 Å². The van der Waals surface area contributed by atoms with Crippen molar-refractivity contribution in [2.75, 3.05) is 5.75 Å². The molecule has 1 saturated heterocycles. The number of halogens is 1. The number of carbonyl (C=O) groups is 1. The third-order valence-electron chi connectivity index (χ3n) is 2.74. The molecule has 0 aliphatic carbocycles. The molecule has 1 aromatic rings. The van der Waals surface area contributed by atoms with E-state index in [0.717, 1.165) is 35.8 Å². The van der Waals surface area contributed by atoms with Crippen LogP contribution in [0.15, 0.2) is 28.7 Å². The lowest BCUT2D eigenvalue weighted by Gasteiger charge is -2.20. The molecule has 2 rings (SSSR count). The zero-order valence-electron chi connectivity index (χ0n) is 8.41. The zero-order valence-corrected chi connectivity index (χ0v) is 10.8. The van der Waals surface area contributed by atoms with Crippen LogP contribution in [-0.2, 0) is 11.2 Å². The van der Waals surface area contributed by atoms with E-state index in [-0.39, 0.29) is 4.75 Å². The summed E-state index contributed by atoms with van der Waals surface area (Å²) in [7, 11) is 0. The highest BCUT2D eigenvalue weighted by molar-refractivity contribution is 9.10. The Hall–Kier alpha value is -0.280. The number of carbonyl (C=O) groups excluding carboxylic acids is 1. The van der Waals surface area contributed by atoms with Crippen LogP contribution in [0.1, 0.15) is 18.4 Å². The Morgan fingerprint density at radius 2 is 2.40 bits per heavy atom. The summed E-state index contributed by atoms with van der Waals surface area (Å²) in [5, 5.41) is 0. The fourth-order valence-corrected chi connectivity index (χ4v) is 3.75. The van der Waals surface area contributed by atoms with E-state index in [2.05, 4.69) is 28.1 Å². The van der Waals surface area contributed by atoms with E-state index in [1.54, 1.807) is 0 Å². The van der Waals surface area contributed by atoms with Gasteiger partial charge in [0.1, 0.15) is 6.29 Å². The lowest BCUT2D eigenvalue weighted by molar-refractivity contribution is -0.109. The quantitative estimate of drug-likeness (QED) is 0.791. The third kappa shape index (κ3) is 2.64. The Bertz CT molecular complexity index is 358. The van der Waals surface area contributed by atoms with Crippen molar-refractivity contribution in [3.05, 3.63) is 34.3 Å². The SMILES string of the molecule is O=CC1(Cc2cccc(Br)c2)CCCS1. The predicted octanol–water partition coefficient (Wildman–Crippen LogP) is 3.46. The maximum absolute atomic E-state index is 11.2. The summed E-state index contributed by atoms with van der Waals surface area (Å²) in [6.07, 6.45) is 4.19. The molecule has 0 bridgehead atoms. The molecule has 1 unspecified atom stereocenters. The van der Waals surface area contributed by atoms with Crippen molar-refractivity contribution in [1.82, 2.24) is 0 Å². The summed E-state index contributed by atoms with van der Waals surface area (Å²) in [5.41, 5.74) is 1.24. The maximum atomic E-state index is 11.2. The molecule has 3 heteroatoms. The van der Waals surface area contributed by atoms with Gasteiger partial charge in [-0.15, -0.1) is 11.8 Å². The molecule has 1 aliphatic rings. The molecule has 1 fully saturated rings. The first-order valence-electron chi connectivity index (χ1n) is 5.09. The van der Waals surface area contributed by atoms with Crippen molar-refractivity contribution in [2.45, 2.75) is 24.0 Å². The van der Waals surface area contributed by atoms with E-state index in [1.807, 2.05) is 23.9 Å². The molecule has 80 valence electrons. The van der Waals surface area contributed by atoms with Crippen molar-refractivity contribution in [2.24, 2.45) is 0 Å². The molecule has 0 spiro atoms. The van der Waals surface area contributed by atoms with Gasteiger partial charge in [-0.3, -0.25) is 0 Å². The zero-order chi connectivity index (χ0) is 10.7. The topological polar surface area (TPSA) is 17.1 Å². The second-order valence-corrected chi connectivity index (χ2v) is 6.37. The van der Waals surface area contributed by atoms with Gasteiger partial charge in [-0.05, 0) is 42.7 Å². The van der Waals surface area contributed by atoms with E-state index >= 15 is 0 Å². The fraction of sp³-hybridized carbons (Fsp3) is 0.417. The van der Waals surface area contributed by atoms with Crippen LogP contribution in [0.3, 0.4) is 0 Å². The number of thioether (sulfide) groups is 1. The summed E-state index contributed by atoms with van der Waals surface area (Å²) in [4.78, 5) is 11.2. The van der Waals surface area contributed by atoms with Crippen LogP contribution in [0.2, 0.25) is 0 Å². The standard InChI is InChI=1S/C12H13BrOS/c13-11-4-1-3-10(7-11)8-12(9-14)5-2-6-15-12/h1,3-4,7,9H,2,5-6,8H2. The summed E-state index contributed by atoms with van der Waals surface area (Å²) >= 11 is 5.26. The number of aldehydes is 1. The van der Waals surface area contributed by atoms with Crippen molar-refractivity contribution < 1.29 is 4.79 Å². The molecule has 0 saturated carbocycles. The Balaban J connectivity index is 2.16. The van der Waals surface area contributed by atoms with Crippen LogP contribution in [0, 0.1) is 0 Å². The first-order valence-corrected chi connectivity index (χ1v) is 6.87. The molecular weight excluding hydrogens is 272 g/mol. The maximum Gasteiger partial charge on any atom is 0.136 e. The van der Waals surface area contributed by atoms with E-state index in [1.165, 1.54) is 5.56 Å². The number of hydrogen-bond acceptors (Lipinski definition) is 2. The molecule has 1 heterocycles. The van der Waals surface area contributed by atoms with Gasteiger partial charge in [0.2, 0.25) is 0 Å². The van der Waals surface area contributed by atoms with Gasteiger partial charge < -0.3 is 4.79 Å². The minimum atomic E-state index is -0.152. The molecule has 0 amide bonds. The monoisotopic (exact) mass is 284 g/mol. The van der Waals surface area contributed by atoms with E-state index in [4.69, 9.17) is 0 Å². The van der Waals surface area contributed by atoms with Gasteiger partial charge in [-0.2, -0.15) is 0 Å². The number of benzene rings is 1. The largest absolute Gasteiger partial charge is 0.302 e.